The van der Waals surface area contributed by atoms with Crippen molar-refractivity contribution in [1.82, 2.24) is 24.6 Å². The van der Waals surface area contributed by atoms with Gasteiger partial charge in [-0.2, -0.15) is 4.98 Å². The van der Waals surface area contributed by atoms with Gasteiger partial charge in [0.1, 0.15) is 24.5 Å². The molecule has 0 aliphatic carbocycles. The summed E-state index contributed by atoms with van der Waals surface area (Å²) in [6.07, 6.45) is -1.57. The Labute approximate surface area is 246 Å². The van der Waals surface area contributed by atoms with E-state index < -0.39 is 67.8 Å². The van der Waals surface area contributed by atoms with Gasteiger partial charge >= 0.3 is 13.7 Å². The summed E-state index contributed by atoms with van der Waals surface area (Å²) in [5.74, 6) is -1.27. The highest BCUT2D eigenvalue weighted by Crippen LogP contribution is 2.45. The molecule has 2 aromatic heterocycles. The Balaban J connectivity index is 1.69. The predicted octanol–water partition coefficient (Wildman–Crippen LogP) is 0.947. The van der Waals surface area contributed by atoms with E-state index in [-0.39, 0.29) is 41.2 Å². The van der Waals surface area contributed by atoms with E-state index in [1.165, 1.54) is 10.9 Å². The first-order chi connectivity index (χ1) is 19.5. The number of aromatic nitrogens is 4. The van der Waals surface area contributed by atoms with Gasteiger partial charge in [0.15, 0.2) is 16.3 Å². The van der Waals surface area contributed by atoms with Gasteiger partial charge in [0.05, 0.1) is 37.7 Å². The molecule has 0 bridgehead atoms. The Morgan fingerprint density at radius 1 is 1.29 bits per heavy atom. The van der Waals surface area contributed by atoms with Crippen molar-refractivity contribution in [3.05, 3.63) is 16.7 Å². The van der Waals surface area contributed by atoms with Crippen molar-refractivity contribution in [2.24, 2.45) is 11.3 Å². The number of nitrogens with one attached hydrogen (secondary N) is 2. The van der Waals surface area contributed by atoms with Crippen LogP contribution in [0.15, 0.2) is 11.1 Å². The van der Waals surface area contributed by atoms with Crippen LogP contribution >= 0.6 is 19.5 Å². The Morgan fingerprint density at radius 2 is 1.98 bits per heavy atom. The second-order valence-corrected chi connectivity index (χ2v) is 14.3. The lowest BCUT2D eigenvalue weighted by molar-refractivity contribution is -0.153. The monoisotopic (exact) mass is 634 g/mol. The number of anilines is 1. The molecule has 0 aromatic carbocycles. The van der Waals surface area contributed by atoms with E-state index in [1.54, 1.807) is 41.5 Å². The van der Waals surface area contributed by atoms with Crippen LogP contribution in [-0.2, 0) is 32.7 Å². The molecule has 16 nitrogen and oxygen atoms in total. The van der Waals surface area contributed by atoms with E-state index in [0.29, 0.717) is 0 Å². The lowest BCUT2D eigenvalue weighted by Gasteiger charge is -2.24. The summed E-state index contributed by atoms with van der Waals surface area (Å²) in [7, 11) is -4.19. The van der Waals surface area contributed by atoms with Crippen LogP contribution in [0.4, 0.5) is 5.95 Å². The number of fused-ring (bicyclic) bond motifs is 1. The molecule has 42 heavy (non-hydrogen) atoms. The van der Waals surface area contributed by atoms with Crippen LogP contribution in [0.25, 0.3) is 11.2 Å². The molecule has 3 rings (SSSR count). The summed E-state index contributed by atoms with van der Waals surface area (Å²) >= 11 is 0.894. The van der Waals surface area contributed by atoms with E-state index in [0.717, 1.165) is 11.8 Å². The number of hydrogen-bond donors (Lipinski definition) is 5. The smallest absolute Gasteiger partial charge is 0.406 e. The topological polar surface area (TPSA) is 230 Å². The molecular formula is C24H39N6O10PS. The number of carbonyl (C=O) groups excluding carboxylic acids is 2. The number of aliphatic hydroxyl groups is 2. The molecular weight excluding hydrogens is 595 g/mol. The minimum atomic E-state index is -4.19. The van der Waals surface area contributed by atoms with Gasteiger partial charge in [0.2, 0.25) is 5.95 Å². The molecule has 1 unspecified atom stereocenters. The molecule has 6 N–H and O–H groups in total. The number of nitrogens with two attached hydrogens (primary N) is 1. The lowest BCUT2D eigenvalue weighted by Crippen LogP contribution is -2.33. The third-order valence-corrected chi connectivity index (χ3v) is 8.92. The van der Waals surface area contributed by atoms with Gasteiger partial charge in [0, 0.05) is 11.7 Å². The highest BCUT2D eigenvalue weighted by atomic mass is 32.2. The quantitative estimate of drug-likeness (QED) is 0.117. The minimum absolute atomic E-state index is 0.0390. The summed E-state index contributed by atoms with van der Waals surface area (Å²) in [5, 5.41) is 22.4. The Hall–Kier alpha value is -2.37. The van der Waals surface area contributed by atoms with E-state index in [1.807, 2.05) is 0 Å². The molecule has 236 valence electrons. The number of H-pyrrole nitrogens is 1. The number of nitrogens with zero attached hydrogens (tertiary/aromatic N) is 3. The molecule has 5 atom stereocenters. The normalized spacial score (nSPS) is 22.8. The third kappa shape index (κ3) is 8.60. The fourth-order valence-electron chi connectivity index (χ4n) is 3.87. The van der Waals surface area contributed by atoms with Crippen LogP contribution in [0.3, 0.4) is 0 Å². The Morgan fingerprint density at radius 3 is 2.62 bits per heavy atom. The summed E-state index contributed by atoms with van der Waals surface area (Å²) in [5.41, 5.74) is 3.60. The van der Waals surface area contributed by atoms with E-state index in [9.17, 15) is 29.2 Å². The first kappa shape index (κ1) is 34.1. The van der Waals surface area contributed by atoms with Crippen LogP contribution in [0.5, 0.6) is 0 Å². The van der Waals surface area contributed by atoms with Gasteiger partial charge in [0.25, 0.3) is 5.56 Å². The second kappa shape index (κ2) is 13.5. The van der Waals surface area contributed by atoms with E-state index in [4.69, 9.17) is 24.3 Å². The number of aromatic amines is 1. The van der Waals surface area contributed by atoms with Crippen molar-refractivity contribution in [2.75, 3.05) is 37.9 Å². The first-order valence-corrected chi connectivity index (χ1v) is 15.7. The number of rotatable bonds is 13. The fourth-order valence-corrected chi connectivity index (χ4v) is 6.05. The summed E-state index contributed by atoms with van der Waals surface area (Å²) < 4.78 is 37.3. The minimum Gasteiger partial charge on any atom is -0.459 e. The molecule has 1 aliphatic rings. The molecule has 0 amide bonds. The van der Waals surface area contributed by atoms with E-state index >= 15 is 0 Å². The standard InChI is InChI=1S/C24H39N6O10PS/c1-13-17(33)14(39-20(13)30-12-26-16-18(30)28-22(25)29-19(16)34)10-38-41(36,27-9-15(32)40-23(2,3)4)37-7-8-42-21(35)24(5,6)11-31/h12-14,17,20,31,33H,7-11H2,1-6H3,(H,27,36)(H3,25,28,29,34)/t13-,14+,17-,20+,41?/m0/s1. The number of aliphatic hydroxyl groups excluding tert-OH is 2. The van der Waals surface area contributed by atoms with Crippen LogP contribution in [0.2, 0.25) is 0 Å². The average molecular weight is 635 g/mol. The Bertz CT molecular complexity index is 1380. The molecule has 0 radical (unpaired) electrons. The number of esters is 1. The second-order valence-electron chi connectivity index (χ2n) is 11.4. The lowest BCUT2D eigenvalue weighted by atomic mass is 9.97. The average Bonchev–Trinajstić information content (AvgIpc) is 3.43. The highest BCUT2D eigenvalue weighted by molar-refractivity contribution is 8.13. The van der Waals surface area contributed by atoms with Gasteiger partial charge in [-0.05, 0) is 34.6 Å². The number of nitrogen functional groups attached to an aromatic ring is 1. The Kier molecular flexibility index (Phi) is 11.0. The van der Waals surface area contributed by atoms with Crippen LogP contribution in [-0.4, -0.2) is 90.7 Å². The maximum absolute atomic E-state index is 13.6. The van der Waals surface area contributed by atoms with Crippen molar-refractivity contribution in [3.63, 3.8) is 0 Å². The molecule has 18 heteroatoms. The molecule has 3 heterocycles. The van der Waals surface area contributed by atoms with Crippen molar-refractivity contribution >= 4 is 47.7 Å². The maximum Gasteiger partial charge on any atom is 0.406 e. The number of hydrogen-bond acceptors (Lipinski definition) is 14. The molecule has 1 fully saturated rings. The van der Waals surface area contributed by atoms with Crippen molar-refractivity contribution in [3.8, 4) is 0 Å². The number of thioether (sulfide) groups is 1. The molecule has 2 aromatic rings. The third-order valence-electron chi connectivity index (χ3n) is 6.18. The zero-order valence-electron chi connectivity index (χ0n) is 24.4. The number of imidazole rings is 1. The zero-order valence-corrected chi connectivity index (χ0v) is 26.1. The molecule has 0 spiro atoms. The van der Waals surface area contributed by atoms with Crippen LogP contribution in [0, 0.1) is 11.3 Å². The SMILES string of the molecule is C[C@H]1[C@H](O)[C@@H](COP(=O)(NCC(=O)OC(C)(C)C)OCCSC(=O)C(C)(C)CO)O[C@H]1n1cnc2c(=O)[nH]c(N)nc21. The van der Waals surface area contributed by atoms with Gasteiger partial charge in [-0.25, -0.2) is 14.6 Å². The van der Waals surface area contributed by atoms with Gasteiger partial charge in [-0.1, -0.05) is 18.7 Å². The van der Waals surface area contributed by atoms with Crippen LogP contribution in [0.1, 0.15) is 47.8 Å². The zero-order chi connectivity index (χ0) is 31.5. The highest BCUT2D eigenvalue weighted by Gasteiger charge is 2.44. The van der Waals surface area contributed by atoms with Gasteiger partial charge in [-0.3, -0.25) is 33.0 Å². The molecule has 1 saturated heterocycles. The summed E-state index contributed by atoms with van der Waals surface area (Å²) in [6.45, 7) is 8.48. The van der Waals surface area contributed by atoms with Crippen molar-refractivity contribution in [2.45, 2.75) is 65.6 Å². The summed E-state index contributed by atoms with van der Waals surface area (Å²) in [4.78, 5) is 47.2. The maximum atomic E-state index is 13.6. The van der Waals surface area contributed by atoms with Gasteiger partial charge in [-0.15, -0.1) is 0 Å². The predicted molar refractivity (Wildman–Crippen MR) is 153 cm³/mol. The van der Waals surface area contributed by atoms with Crippen LogP contribution < -0.4 is 16.4 Å². The molecule has 1 aliphatic heterocycles. The van der Waals surface area contributed by atoms with Crippen molar-refractivity contribution < 1.29 is 42.9 Å². The molecule has 0 saturated carbocycles. The van der Waals surface area contributed by atoms with Crippen molar-refractivity contribution in [1.29, 1.82) is 0 Å². The van der Waals surface area contributed by atoms with E-state index in [2.05, 4.69) is 20.0 Å². The largest absolute Gasteiger partial charge is 0.459 e. The first-order valence-electron chi connectivity index (χ1n) is 13.2. The number of carbonyl (C=O) groups is 2. The van der Waals surface area contributed by atoms with Gasteiger partial charge < -0.3 is 25.4 Å². The summed E-state index contributed by atoms with van der Waals surface area (Å²) in [6, 6.07) is 0. The number of ether oxygens (including phenoxy) is 2. The fraction of sp³-hybridized carbons (Fsp3) is 0.708.